The molecule has 0 saturated heterocycles. The minimum atomic E-state index is -0.789. The first-order valence-corrected chi connectivity index (χ1v) is 6.52. The topological polar surface area (TPSA) is 41.1 Å². The fraction of sp³-hybridized carbons (Fsp3) is 0.154. The van der Waals surface area contributed by atoms with Crippen LogP contribution >= 0.6 is 11.3 Å². The number of hydrogen-bond acceptors (Lipinski definition) is 3. The summed E-state index contributed by atoms with van der Waals surface area (Å²) in [6, 6.07) is 3.89. The zero-order chi connectivity index (χ0) is 13.8. The first-order chi connectivity index (χ1) is 9.11. The van der Waals surface area contributed by atoms with E-state index in [0.717, 1.165) is 17.7 Å². The fourth-order valence-corrected chi connectivity index (χ4v) is 2.29. The summed E-state index contributed by atoms with van der Waals surface area (Å²) in [7, 11) is 1.41. The van der Waals surface area contributed by atoms with Crippen LogP contribution in [0.3, 0.4) is 0 Å². The molecule has 6 heteroatoms. The fourth-order valence-electron chi connectivity index (χ4n) is 1.62. The van der Waals surface area contributed by atoms with Gasteiger partial charge in [-0.15, -0.1) is 0 Å². The molecule has 100 valence electrons. The summed E-state index contributed by atoms with van der Waals surface area (Å²) in [6.45, 7) is 0.333. The van der Waals surface area contributed by atoms with E-state index in [1.165, 1.54) is 18.4 Å². The molecular formula is C13H12F2N2OS. The van der Waals surface area contributed by atoms with Crippen molar-refractivity contribution in [2.24, 2.45) is 0 Å². The van der Waals surface area contributed by atoms with Crippen LogP contribution in [0.1, 0.15) is 15.9 Å². The predicted molar refractivity (Wildman–Crippen MR) is 71.4 cm³/mol. The second kappa shape index (κ2) is 5.79. The average molecular weight is 282 g/mol. The van der Waals surface area contributed by atoms with E-state index in [0.29, 0.717) is 6.54 Å². The van der Waals surface area contributed by atoms with Crippen molar-refractivity contribution in [1.82, 2.24) is 5.32 Å². The number of anilines is 1. The van der Waals surface area contributed by atoms with Crippen LogP contribution in [0.15, 0.2) is 29.0 Å². The third-order valence-corrected chi connectivity index (χ3v) is 3.32. The van der Waals surface area contributed by atoms with Gasteiger partial charge in [0, 0.05) is 19.2 Å². The van der Waals surface area contributed by atoms with E-state index in [4.69, 9.17) is 0 Å². The third kappa shape index (κ3) is 3.08. The van der Waals surface area contributed by atoms with Crippen molar-refractivity contribution in [2.75, 3.05) is 12.4 Å². The lowest BCUT2D eigenvalue weighted by atomic mass is 10.1. The van der Waals surface area contributed by atoms with Crippen LogP contribution in [0.25, 0.3) is 0 Å². The molecule has 0 aliphatic carbocycles. The Balaban J connectivity index is 2.11. The molecule has 19 heavy (non-hydrogen) atoms. The van der Waals surface area contributed by atoms with Gasteiger partial charge in [-0.05, 0) is 34.5 Å². The van der Waals surface area contributed by atoms with Gasteiger partial charge >= 0.3 is 0 Å². The van der Waals surface area contributed by atoms with Crippen LogP contribution < -0.4 is 10.6 Å². The van der Waals surface area contributed by atoms with Crippen LogP contribution in [0.5, 0.6) is 0 Å². The smallest absolute Gasteiger partial charge is 0.251 e. The molecule has 0 radical (unpaired) electrons. The van der Waals surface area contributed by atoms with Gasteiger partial charge in [0.1, 0.15) is 17.3 Å². The van der Waals surface area contributed by atoms with E-state index >= 15 is 0 Å². The van der Waals surface area contributed by atoms with Gasteiger partial charge < -0.3 is 10.6 Å². The van der Waals surface area contributed by atoms with Crippen molar-refractivity contribution in [3.8, 4) is 0 Å². The molecule has 3 nitrogen and oxygen atoms in total. The van der Waals surface area contributed by atoms with Crippen molar-refractivity contribution in [3.63, 3.8) is 0 Å². The lowest BCUT2D eigenvalue weighted by Crippen LogP contribution is -2.23. The maximum atomic E-state index is 13.5. The minimum Gasteiger partial charge on any atom is -0.383 e. The Morgan fingerprint density at radius 1 is 1.32 bits per heavy atom. The Morgan fingerprint density at radius 3 is 2.53 bits per heavy atom. The quantitative estimate of drug-likeness (QED) is 0.905. The maximum absolute atomic E-state index is 13.5. The summed E-state index contributed by atoms with van der Waals surface area (Å²) >= 11 is 1.52. The van der Waals surface area contributed by atoms with E-state index in [1.54, 1.807) is 0 Å². The van der Waals surface area contributed by atoms with Gasteiger partial charge in [-0.25, -0.2) is 8.78 Å². The Morgan fingerprint density at radius 2 is 2.00 bits per heavy atom. The Bertz CT molecular complexity index is 561. The number of amides is 1. The summed E-state index contributed by atoms with van der Waals surface area (Å²) in [6.07, 6.45) is 0. The van der Waals surface area contributed by atoms with Gasteiger partial charge in [0.2, 0.25) is 0 Å². The Hall–Kier alpha value is -1.95. The van der Waals surface area contributed by atoms with Crippen LogP contribution in [-0.4, -0.2) is 13.0 Å². The molecule has 0 atom stereocenters. The number of halogens is 2. The predicted octanol–water partition coefficient (Wildman–Crippen LogP) is 3.00. The van der Waals surface area contributed by atoms with Crippen LogP contribution in [0.4, 0.5) is 14.5 Å². The summed E-state index contributed by atoms with van der Waals surface area (Å²) in [4.78, 5) is 11.8. The maximum Gasteiger partial charge on any atom is 0.251 e. The highest BCUT2D eigenvalue weighted by atomic mass is 32.1. The second-order valence-corrected chi connectivity index (χ2v) is 4.66. The number of rotatable bonds is 4. The zero-order valence-corrected chi connectivity index (χ0v) is 11.0. The number of benzene rings is 1. The molecule has 1 aromatic heterocycles. The molecule has 2 rings (SSSR count). The van der Waals surface area contributed by atoms with Crippen LogP contribution in [-0.2, 0) is 6.54 Å². The van der Waals surface area contributed by atoms with E-state index in [9.17, 15) is 13.6 Å². The van der Waals surface area contributed by atoms with Crippen molar-refractivity contribution in [1.29, 1.82) is 0 Å². The first kappa shape index (κ1) is 13.5. The van der Waals surface area contributed by atoms with E-state index in [-0.39, 0.29) is 11.3 Å². The summed E-state index contributed by atoms with van der Waals surface area (Å²) in [5.74, 6) is -2.09. The number of thiophene rings is 1. The highest BCUT2D eigenvalue weighted by molar-refractivity contribution is 7.07. The number of hydrogen-bond donors (Lipinski definition) is 2. The van der Waals surface area contributed by atoms with Gasteiger partial charge in [-0.1, -0.05) is 0 Å². The Labute approximate surface area is 113 Å². The summed E-state index contributed by atoms with van der Waals surface area (Å²) in [5.41, 5.74) is 0.671. The zero-order valence-electron chi connectivity index (χ0n) is 10.2. The lowest BCUT2D eigenvalue weighted by molar-refractivity contribution is 0.0950. The molecule has 0 bridgehead atoms. The SMILES string of the molecule is CNc1c(F)cc(C(=O)NCc2ccsc2)cc1F. The second-order valence-electron chi connectivity index (χ2n) is 3.88. The molecule has 1 amide bonds. The summed E-state index contributed by atoms with van der Waals surface area (Å²) < 4.78 is 27.0. The average Bonchev–Trinajstić information content (AvgIpc) is 2.88. The van der Waals surface area contributed by atoms with Crippen LogP contribution in [0, 0.1) is 11.6 Å². The number of nitrogens with one attached hydrogen (secondary N) is 2. The molecule has 1 heterocycles. The molecule has 0 aliphatic rings. The normalized spacial score (nSPS) is 10.3. The molecule has 2 aromatic rings. The van der Waals surface area contributed by atoms with E-state index < -0.39 is 17.5 Å². The number of carbonyl (C=O) groups excluding carboxylic acids is 1. The van der Waals surface area contributed by atoms with Gasteiger partial charge in [-0.2, -0.15) is 11.3 Å². The molecule has 2 N–H and O–H groups in total. The molecule has 1 aromatic carbocycles. The number of carbonyl (C=O) groups is 1. The van der Waals surface area contributed by atoms with Gasteiger partial charge in [-0.3, -0.25) is 4.79 Å². The van der Waals surface area contributed by atoms with Gasteiger partial charge in [0.05, 0.1) is 0 Å². The largest absolute Gasteiger partial charge is 0.383 e. The molecule has 0 aliphatic heterocycles. The van der Waals surface area contributed by atoms with Crippen molar-refractivity contribution >= 4 is 22.9 Å². The van der Waals surface area contributed by atoms with E-state index in [1.807, 2.05) is 16.8 Å². The molecule has 0 unspecified atom stereocenters. The Kier molecular flexibility index (Phi) is 4.11. The monoisotopic (exact) mass is 282 g/mol. The van der Waals surface area contributed by atoms with E-state index in [2.05, 4.69) is 10.6 Å². The molecular weight excluding hydrogens is 270 g/mol. The lowest BCUT2D eigenvalue weighted by Gasteiger charge is -2.08. The van der Waals surface area contributed by atoms with Crippen molar-refractivity contribution in [3.05, 3.63) is 51.7 Å². The van der Waals surface area contributed by atoms with Gasteiger partial charge in [0.15, 0.2) is 0 Å². The molecule has 0 spiro atoms. The van der Waals surface area contributed by atoms with Gasteiger partial charge in [0.25, 0.3) is 5.91 Å². The highest BCUT2D eigenvalue weighted by Crippen LogP contribution is 2.20. The molecule has 0 saturated carbocycles. The first-order valence-electron chi connectivity index (χ1n) is 5.58. The third-order valence-electron chi connectivity index (χ3n) is 2.59. The minimum absolute atomic E-state index is 0.0378. The van der Waals surface area contributed by atoms with Crippen molar-refractivity contribution < 1.29 is 13.6 Å². The van der Waals surface area contributed by atoms with Crippen molar-refractivity contribution in [2.45, 2.75) is 6.54 Å². The highest BCUT2D eigenvalue weighted by Gasteiger charge is 2.14. The molecule has 0 fully saturated rings. The summed E-state index contributed by atoms with van der Waals surface area (Å²) in [5, 5.41) is 8.80. The standard InChI is InChI=1S/C13H12F2N2OS/c1-16-12-10(14)4-9(5-11(12)15)13(18)17-6-8-2-3-19-7-8/h2-5,7,16H,6H2,1H3,(H,17,18). The van der Waals surface area contributed by atoms with Crippen LogP contribution in [0.2, 0.25) is 0 Å².